The Hall–Kier alpha value is -0.510. The van der Waals surface area contributed by atoms with Crippen LogP contribution in [0.4, 0.5) is 0 Å². The van der Waals surface area contributed by atoms with Crippen molar-refractivity contribution >= 4 is 0 Å². The molecule has 0 aromatic rings. The van der Waals surface area contributed by atoms with Crippen molar-refractivity contribution in [3.05, 3.63) is 0 Å². The summed E-state index contributed by atoms with van der Waals surface area (Å²) in [5.74, 6) is 4.92. The lowest BCUT2D eigenvalue weighted by Gasteiger charge is -2.52. The van der Waals surface area contributed by atoms with Crippen LogP contribution >= 0.6 is 0 Å². The first kappa shape index (κ1) is 18.3. The van der Waals surface area contributed by atoms with Crippen molar-refractivity contribution in [1.29, 1.82) is 5.26 Å². The van der Waals surface area contributed by atoms with Crippen molar-refractivity contribution < 1.29 is 0 Å². The fourth-order valence-corrected chi connectivity index (χ4v) is 6.67. The van der Waals surface area contributed by atoms with Crippen LogP contribution in [-0.2, 0) is 0 Å². The zero-order valence-corrected chi connectivity index (χ0v) is 16.2. The second kappa shape index (κ2) is 8.25. The van der Waals surface area contributed by atoms with E-state index >= 15 is 0 Å². The summed E-state index contributed by atoms with van der Waals surface area (Å²) in [6.07, 6.45) is 19.0. The number of nitrogens with zero attached hydrogens (tertiary/aromatic N) is 1. The predicted molar refractivity (Wildman–Crippen MR) is 101 cm³/mol. The van der Waals surface area contributed by atoms with Gasteiger partial charge in [0, 0.05) is 0 Å². The Kier molecular flexibility index (Phi) is 6.28. The fraction of sp³-hybridized carbons (Fsp3) is 0.957. The van der Waals surface area contributed by atoms with Crippen LogP contribution in [0.1, 0.15) is 104 Å². The highest BCUT2D eigenvalue weighted by atomic mass is 14.5. The highest BCUT2D eigenvalue weighted by Gasteiger charge is 2.48. The second-order valence-corrected chi connectivity index (χ2v) is 9.46. The first-order valence-electron chi connectivity index (χ1n) is 11.1. The quantitative estimate of drug-likeness (QED) is 0.476. The smallest absolute Gasteiger partial charge is 0.0689 e. The van der Waals surface area contributed by atoms with E-state index in [1.165, 1.54) is 89.9 Å². The van der Waals surface area contributed by atoms with Gasteiger partial charge >= 0.3 is 0 Å². The molecule has 0 bridgehead atoms. The summed E-state index contributed by atoms with van der Waals surface area (Å²) in [5, 5.41) is 9.94. The minimum Gasteiger partial charge on any atom is -0.198 e. The van der Waals surface area contributed by atoms with Crippen molar-refractivity contribution in [3.63, 3.8) is 0 Å². The molecular weight excluding hydrogens is 290 g/mol. The zero-order chi connectivity index (χ0) is 17.0. The molecule has 3 aliphatic rings. The maximum absolute atomic E-state index is 9.94. The Balaban J connectivity index is 1.58. The summed E-state index contributed by atoms with van der Waals surface area (Å²) in [4.78, 5) is 0. The molecule has 0 aromatic heterocycles. The Bertz CT molecular complexity index is 436. The van der Waals surface area contributed by atoms with Gasteiger partial charge in [0.05, 0.1) is 11.5 Å². The molecule has 0 amide bonds. The molecule has 0 radical (unpaired) electrons. The van der Waals surface area contributed by atoms with Crippen LogP contribution in [0.2, 0.25) is 0 Å². The maximum Gasteiger partial charge on any atom is 0.0689 e. The molecule has 0 saturated heterocycles. The van der Waals surface area contributed by atoms with Crippen LogP contribution < -0.4 is 0 Å². The minimum absolute atomic E-state index is 0.0440. The fourth-order valence-electron chi connectivity index (χ4n) is 6.67. The van der Waals surface area contributed by atoms with Crippen LogP contribution in [0.5, 0.6) is 0 Å². The van der Waals surface area contributed by atoms with E-state index in [1.54, 1.807) is 0 Å². The lowest BCUT2D eigenvalue weighted by molar-refractivity contribution is -0.0174. The van der Waals surface area contributed by atoms with E-state index in [0.29, 0.717) is 0 Å². The van der Waals surface area contributed by atoms with Crippen LogP contribution in [0.25, 0.3) is 0 Å². The number of rotatable bonds is 6. The van der Waals surface area contributed by atoms with E-state index in [4.69, 9.17) is 0 Å². The highest BCUT2D eigenvalue weighted by Crippen LogP contribution is 2.56. The van der Waals surface area contributed by atoms with Gasteiger partial charge in [0.15, 0.2) is 0 Å². The van der Waals surface area contributed by atoms with Crippen molar-refractivity contribution in [1.82, 2.24) is 0 Å². The monoisotopic (exact) mass is 329 g/mol. The number of unbranched alkanes of at least 4 members (excludes halogenated alkanes) is 3. The molecule has 0 aromatic carbocycles. The molecule has 4 unspecified atom stereocenters. The normalized spacial score (nSPS) is 42.0. The molecule has 0 heterocycles. The van der Waals surface area contributed by atoms with E-state index in [1.807, 2.05) is 0 Å². The molecule has 1 heteroatoms. The Labute approximate surface area is 150 Å². The van der Waals surface area contributed by atoms with Gasteiger partial charge < -0.3 is 0 Å². The zero-order valence-electron chi connectivity index (χ0n) is 16.2. The Morgan fingerprint density at radius 1 is 0.917 bits per heavy atom. The van der Waals surface area contributed by atoms with E-state index in [0.717, 1.165) is 29.6 Å². The highest BCUT2D eigenvalue weighted by molar-refractivity contribution is 5.06. The molecule has 3 fully saturated rings. The van der Waals surface area contributed by atoms with Gasteiger partial charge in [-0.25, -0.2) is 0 Å². The van der Waals surface area contributed by atoms with E-state index in [9.17, 15) is 5.26 Å². The van der Waals surface area contributed by atoms with Crippen LogP contribution in [0.3, 0.4) is 0 Å². The Morgan fingerprint density at radius 2 is 1.71 bits per heavy atom. The van der Waals surface area contributed by atoms with Crippen molar-refractivity contribution in [2.75, 3.05) is 0 Å². The molecular formula is C23H39N. The minimum atomic E-state index is 0.0440. The first-order valence-corrected chi connectivity index (χ1v) is 11.1. The number of hydrogen-bond donors (Lipinski definition) is 0. The van der Waals surface area contributed by atoms with Crippen molar-refractivity contribution in [3.8, 4) is 6.07 Å². The summed E-state index contributed by atoms with van der Waals surface area (Å²) in [5.41, 5.74) is 0.0440. The molecule has 24 heavy (non-hydrogen) atoms. The molecule has 136 valence electrons. The molecule has 1 nitrogen and oxygen atoms in total. The maximum atomic E-state index is 9.94. The van der Waals surface area contributed by atoms with E-state index < -0.39 is 0 Å². The third kappa shape index (κ3) is 3.84. The number of hydrogen-bond acceptors (Lipinski definition) is 1. The van der Waals surface area contributed by atoms with Gasteiger partial charge in [0.1, 0.15) is 0 Å². The van der Waals surface area contributed by atoms with Crippen LogP contribution in [0, 0.1) is 46.3 Å². The summed E-state index contributed by atoms with van der Waals surface area (Å²) >= 11 is 0. The van der Waals surface area contributed by atoms with Gasteiger partial charge in [-0.15, -0.1) is 0 Å². The molecule has 3 saturated carbocycles. The SMILES string of the molecule is CCCCCC[C@]1(C#N)CCC2C(CCC3C[C@H](CC)CCC32)C1. The van der Waals surface area contributed by atoms with E-state index in [2.05, 4.69) is 19.9 Å². The molecule has 0 aliphatic heterocycles. The topological polar surface area (TPSA) is 23.8 Å². The van der Waals surface area contributed by atoms with Gasteiger partial charge in [-0.2, -0.15) is 5.26 Å². The summed E-state index contributed by atoms with van der Waals surface area (Å²) in [6, 6.07) is 2.82. The van der Waals surface area contributed by atoms with Crippen molar-refractivity contribution in [2.24, 2.45) is 35.0 Å². The van der Waals surface area contributed by atoms with Gasteiger partial charge in [-0.3, -0.25) is 0 Å². The second-order valence-electron chi connectivity index (χ2n) is 9.46. The van der Waals surface area contributed by atoms with Crippen molar-refractivity contribution in [2.45, 2.75) is 104 Å². The molecule has 6 atom stereocenters. The summed E-state index contributed by atoms with van der Waals surface area (Å²) in [7, 11) is 0. The average molecular weight is 330 g/mol. The molecule has 0 N–H and O–H groups in total. The standard InChI is InChI=1S/C23H39N/c1-3-5-6-7-13-23(17-24)14-12-22-20(16-23)10-9-19-15-18(4-2)8-11-21(19)22/h18-22H,3-16H2,1-2H3/t18-,19?,20?,21?,22?,23+/m1/s1. The van der Waals surface area contributed by atoms with Gasteiger partial charge in [-0.05, 0) is 81.0 Å². The van der Waals surface area contributed by atoms with Gasteiger partial charge in [0.25, 0.3) is 0 Å². The average Bonchev–Trinajstić information content (AvgIpc) is 2.64. The number of fused-ring (bicyclic) bond motifs is 3. The summed E-state index contributed by atoms with van der Waals surface area (Å²) in [6.45, 7) is 4.66. The third-order valence-corrected chi connectivity index (χ3v) is 8.15. The van der Waals surface area contributed by atoms with Crippen LogP contribution in [-0.4, -0.2) is 0 Å². The predicted octanol–water partition coefficient (Wildman–Crippen LogP) is 7.12. The van der Waals surface area contributed by atoms with Gasteiger partial charge in [-0.1, -0.05) is 52.4 Å². The van der Waals surface area contributed by atoms with Crippen LogP contribution in [0.15, 0.2) is 0 Å². The Morgan fingerprint density at radius 3 is 2.46 bits per heavy atom. The molecule has 3 rings (SSSR count). The largest absolute Gasteiger partial charge is 0.198 e. The van der Waals surface area contributed by atoms with Gasteiger partial charge in [0.2, 0.25) is 0 Å². The number of nitriles is 1. The molecule has 3 aliphatic carbocycles. The summed E-state index contributed by atoms with van der Waals surface area (Å²) < 4.78 is 0. The molecule has 0 spiro atoms. The third-order valence-electron chi connectivity index (χ3n) is 8.15. The lowest BCUT2D eigenvalue weighted by atomic mass is 9.52. The lowest BCUT2D eigenvalue weighted by Crippen LogP contribution is -2.44. The first-order chi connectivity index (χ1) is 11.7. The van der Waals surface area contributed by atoms with E-state index in [-0.39, 0.29) is 5.41 Å².